The van der Waals surface area contributed by atoms with Crippen LogP contribution in [0.3, 0.4) is 0 Å². The van der Waals surface area contributed by atoms with Crippen molar-refractivity contribution in [3.05, 3.63) is 0 Å². The molecule has 0 radical (unpaired) electrons. The van der Waals surface area contributed by atoms with Crippen LogP contribution in [-0.4, -0.2) is 95.1 Å². The molecule has 3 unspecified atom stereocenters. The molecular weight excluding hydrogens is 442 g/mol. The van der Waals surface area contributed by atoms with Crippen LogP contribution in [0, 0.1) is 11.3 Å². The van der Waals surface area contributed by atoms with Crippen LogP contribution in [0.1, 0.15) is 44.9 Å². The van der Waals surface area contributed by atoms with Gasteiger partial charge in [0.2, 0.25) is 18.2 Å². The highest BCUT2D eigenvalue weighted by molar-refractivity contribution is 6.20. The van der Waals surface area contributed by atoms with Gasteiger partial charge in [-0.25, -0.2) is 8.78 Å². The average molecular weight is 473 g/mol. The summed E-state index contributed by atoms with van der Waals surface area (Å²) >= 11 is 6.07. The van der Waals surface area contributed by atoms with E-state index >= 15 is 0 Å². The standard InChI is InChI=1S/C22H31ClF2N4O3/c23-15-5-17(25)19(26-6-15)28-8-18(31)29(7-14-1-3-16(24)4-2-14)22(20(28)32)9-21(10-22)11-27(12-21)13-30/h13-17,19,26H,1-12H2. The maximum atomic E-state index is 14.8. The van der Waals surface area contributed by atoms with Crippen molar-refractivity contribution in [1.29, 1.82) is 0 Å². The number of piperidine rings is 1. The molecule has 1 N–H and O–H groups in total. The third-order valence-electron chi connectivity index (χ3n) is 8.27. The summed E-state index contributed by atoms with van der Waals surface area (Å²) in [5.41, 5.74) is -1.14. The second-order valence-electron chi connectivity index (χ2n) is 10.7. The predicted octanol–water partition coefficient (Wildman–Crippen LogP) is 1.44. The molecule has 5 aliphatic rings. The number of nitrogens with one attached hydrogen (secondary N) is 1. The van der Waals surface area contributed by atoms with Gasteiger partial charge in [0, 0.05) is 37.0 Å². The van der Waals surface area contributed by atoms with Crippen LogP contribution in [0.25, 0.3) is 0 Å². The van der Waals surface area contributed by atoms with E-state index in [4.69, 9.17) is 11.6 Å². The van der Waals surface area contributed by atoms with E-state index in [0.29, 0.717) is 64.7 Å². The van der Waals surface area contributed by atoms with Gasteiger partial charge >= 0.3 is 0 Å². The van der Waals surface area contributed by atoms with Crippen LogP contribution in [-0.2, 0) is 14.4 Å². The van der Waals surface area contributed by atoms with Gasteiger partial charge in [-0.2, -0.15) is 0 Å². The van der Waals surface area contributed by atoms with Crippen molar-refractivity contribution in [3.63, 3.8) is 0 Å². The third-order valence-corrected chi connectivity index (χ3v) is 8.60. The maximum Gasteiger partial charge on any atom is 0.250 e. The van der Waals surface area contributed by atoms with Crippen molar-refractivity contribution in [3.8, 4) is 0 Å². The highest BCUT2D eigenvalue weighted by Crippen LogP contribution is 2.58. The monoisotopic (exact) mass is 472 g/mol. The van der Waals surface area contributed by atoms with Crippen LogP contribution in [0.15, 0.2) is 0 Å². The first-order valence-electron chi connectivity index (χ1n) is 11.7. The SMILES string of the molecule is O=CN1CC2(C1)CC1(C2)C(=O)N(C2NCC(Cl)CC2F)CC(=O)N1CC1CCC(F)CC1. The Bertz CT molecular complexity index is 779. The van der Waals surface area contributed by atoms with Crippen LogP contribution in [0.2, 0.25) is 0 Å². The number of halogens is 3. The Labute approximate surface area is 191 Å². The number of hydrogen-bond acceptors (Lipinski definition) is 4. The average Bonchev–Trinajstić information content (AvgIpc) is 2.70. The Hall–Kier alpha value is -1.48. The molecule has 5 rings (SSSR count). The minimum atomic E-state index is -1.34. The first kappa shape index (κ1) is 22.3. The summed E-state index contributed by atoms with van der Waals surface area (Å²) in [6.45, 7) is 1.84. The van der Waals surface area contributed by atoms with Gasteiger partial charge in [0.25, 0.3) is 0 Å². The zero-order valence-corrected chi connectivity index (χ0v) is 18.9. The molecule has 0 aromatic carbocycles. The summed E-state index contributed by atoms with van der Waals surface area (Å²) in [6.07, 6.45) is 1.35. The molecule has 0 aromatic rings. The Balaban J connectivity index is 1.37. The Morgan fingerprint density at radius 2 is 1.81 bits per heavy atom. The number of rotatable bonds is 4. The molecule has 3 heterocycles. The number of alkyl halides is 3. The zero-order valence-electron chi connectivity index (χ0n) is 18.1. The van der Waals surface area contributed by atoms with E-state index in [9.17, 15) is 23.2 Å². The highest BCUT2D eigenvalue weighted by Gasteiger charge is 2.69. The lowest BCUT2D eigenvalue weighted by Crippen LogP contribution is -2.81. The molecule has 0 bridgehead atoms. The number of carbonyl (C=O) groups excluding carboxylic acids is 3. The normalized spacial score (nSPS) is 38.6. The van der Waals surface area contributed by atoms with Gasteiger partial charge in [-0.15, -0.1) is 11.6 Å². The van der Waals surface area contributed by atoms with Gasteiger partial charge < -0.3 is 14.7 Å². The smallest absolute Gasteiger partial charge is 0.250 e. The van der Waals surface area contributed by atoms with Crippen molar-refractivity contribution in [1.82, 2.24) is 20.0 Å². The van der Waals surface area contributed by atoms with E-state index in [-0.39, 0.29) is 41.5 Å². The molecule has 3 saturated heterocycles. The quantitative estimate of drug-likeness (QED) is 0.496. The molecule has 5 fully saturated rings. The van der Waals surface area contributed by atoms with Crippen LogP contribution in [0.4, 0.5) is 8.78 Å². The van der Waals surface area contributed by atoms with Gasteiger partial charge in [-0.3, -0.25) is 19.7 Å². The number of carbonyl (C=O) groups is 3. The lowest BCUT2D eigenvalue weighted by Gasteiger charge is -2.67. The van der Waals surface area contributed by atoms with Gasteiger partial charge in [0.1, 0.15) is 30.6 Å². The number of hydrogen-bond donors (Lipinski definition) is 1. The van der Waals surface area contributed by atoms with Crippen LogP contribution in [0.5, 0.6) is 0 Å². The van der Waals surface area contributed by atoms with E-state index in [1.54, 1.807) is 9.80 Å². The highest BCUT2D eigenvalue weighted by atomic mass is 35.5. The maximum absolute atomic E-state index is 14.8. The number of nitrogens with zero attached hydrogens (tertiary/aromatic N) is 3. The molecule has 32 heavy (non-hydrogen) atoms. The number of likely N-dealkylation sites (tertiary alicyclic amines) is 1. The minimum absolute atomic E-state index is 0.138. The minimum Gasteiger partial charge on any atom is -0.344 e. The van der Waals surface area contributed by atoms with E-state index in [1.165, 1.54) is 4.90 Å². The van der Waals surface area contributed by atoms with Crippen molar-refractivity contribution < 1.29 is 23.2 Å². The van der Waals surface area contributed by atoms with Crippen LogP contribution >= 0.6 is 11.6 Å². The summed E-state index contributed by atoms with van der Waals surface area (Å²) in [4.78, 5) is 43.0. The summed E-state index contributed by atoms with van der Waals surface area (Å²) in [5, 5.41) is 2.68. The van der Waals surface area contributed by atoms with E-state index in [2.05, 4.69) is 5.32 Å². The third kappa shape index (κ3) is 3.59. The molecule has 3 amide bonds. The molecular formula is C22H31ClF2N4O3. The first-order chi connectivity index (χ1) is 15.2. The van der Waals surface area contributed by atoms with Crippen LogP contribution < -0.4 is 5.32 Å². The lowest BCUT2D eigenvalue weighted by atomic mass is 9.52. The molecule has 3 atom stereocenters. The van der Waals surface area contributed by atoms with E-state index in [0.717, 1.165) is 6.41 Å². The largest absolute Gasteiger partial charge is 0.344 e. The summed E-state index contributed by atoms with van der Waals surface area (Å²) in [6, 6.07) is 0. The number of amides is 3. The Kier molecular flexibility index (Phi) is 5.63. The van der Waals surface area contributed by atoms with Crippen molar-refractivity contribution in [2.45, 2.75) is 74.4 Å². The summed E-state index contributed by atoms with van der Waals surface area (Å²) in [5.74, 6) is -0.208. The molecule has 178 valence electrons. The lowest BCUT2D eigenvalue weighted by molar-refractivity contribution is -0.205. The molecule has 2 saturated carbocycles. The van der Waals surface area contributed by atoms with Gasteiger partial charge in [0.15, 0.2) is 0 Å². The van der Waals surface area contributed by atoms with Crippen molar-refractivity contribution in [2.24, 2.45) is 11.3 Å². The topological polar surface area (TPSA) is 73.0 Å². The van der Waals surface area contributed by atoms with E-state index in [1.807, 2.05) is 0 Å². The fourth-order valence-electron chi connectivity index (χ4n) is 6.77. The Morgan fingerprint density at radius 1 is 1.12 bits per heavy atom. The molecule has 7 nitrogen and oxygen atoms in total. The molecule has 3 aliphatic heterocycles. The van der Waals surface area contributed by atoms with Gasteiger partial charge in [-0.05, 0) is 50.9 Å². The first-order valence-corrected chi connectivity index (χ1v) is 12.2. The summed E-state index contributed by atoms with van der Waals surface area (Å²) in [7, 11) is 0. The molecule has 10 heteroatoms. The van der Waals surface area contributed by atoms with Crippen molar-refractivity contribution in [2.75, 3.05) is 32.7 Å². The van der Waals surface area contributed by atoms with E-state index < -0.39 is 24.0 Å². The Morgan fingerprint density at radius 3 is 2.44 bits per heavy atom. The molecule has 2 aliphatic carbocycles. The zero-order chi connectivity index (χ0) is 22.7. The molecule has 0 aromatic heterocycles. The molecule has 2 spiro atoms. The predicted molar refractivity (Wildman–Crippen MR) is 113 cm³/mol. The van der Waals surface area contributed by atoms with Gasteiger partial charge in [-0.1, -0.05) is 0 Å². The number of piperazine rings is 1. The van der Waals surface area contributed by atoms with Crippen molar-refractivity contribution >= 4 is 29.8 Å². The fraction of sp³-hybridized carbons (Fsp3) is 0.864. The fourth-order valence-corrected chi connectivity index (χ4v) is 7.03. The summed E-state index contributed by atoms with van der Waals surface area (Å²) < 4.78 is 28.5. The second-order valence-corrected chi connectivity index (χ2v) is 11.3. The second kappa shape index (κ2) is 8.08. The van der Waals surface area contributed by atoms with Gasteiger partial charge in [0.05, 0.1) is 0 Å².